The zero-order valence-electron chi connectivity index (χ0n) is 17.0. The Labute approximate surface area is 178 Å². The Kier molecular flexibility index (Phi) is 4.20. The van der Waals surface area contributed by atoms with Gasteiger partial charge in [-0.15, -0.1) is 0 Å². The smallest absolute Gasteiger partial charge is 0.163 e. The molecule has 0 bridgehead atoms. The van der Waals surface area contributed by atoms with Crippen molar-refractivity contribution in [3.05, 3.63) is 83.4 Å². The number of aryl methyl sites for hydroxylation is 2. The monoisotopic (exact) mass is 400 g/mol. The van der Waals surface area contributed by atoms with Crippen LogP contribution in [0, 0.1) is 36.5 Å². The molecule has 5 aromatic rings. The molecule has 0 aliphatic carbocycles. The first-order chi connectivity index (χ1) is 15.1. The van der Waals surface area contributed by atoms with Crippen LogP contribution in [0.4, 0.5) is 0 Å². The van der Waals surface area contributed by atoms with Crippen molar-refractivity contribution >= 4 is 21.8 Å². The van der Waals surface area contributed by atoms with Gasteiger partial charge in [0.15, 0.2) is 5.82 Å². The summed E-state index contributed by atoms with van der Waals surface area (Å²) in [5, 5.41) is 21.4. The van der Waals surface area contributed by atoms with Gasteiger partial charge in [0.1, 0.15) is 17.7 Å². The van der Waals surface area contributed by atoms with Crippen LogP contribution in [0.2, 0.25) is 0 Å². The Bertz CT molecular complexity index is 1560. The van der Waals surface area contributed by atoms with Crippen molar-refractivity contribution in [3.63, 3.8) is 0 Å². The summed E-state index contributed by atoms with van der Waals surface area (Å²) in [6, 6.07) is 23.8. The van der Waals surface area contributed by atoms with Gasteiger partial charge in [-0.2, -0.15) is 10.5 Å². The Morgan fingerprint density at radius 3 is 2.23 bits per heavy atom. The predicted molar refractivity (Wildman–Crippen MR) is 119 cm³/mol. The lowest BCUT2D eigenvalue weighted by Crippen LogP contribution is -2.02. The molecule has 6 nitrogen and oxygen atoms in total. The zero-order valence-corrected chi connectivity index (χ0v) is 17.0. The number of hydrogen-bond donors (Lipinski definition) is 0. The third-order valence-electron chi connectivity index (χ3n) is 5.28. The molecular weight excluding hydrogens is 384 g/mol. The molecule has 31 heavy (non-hydrogen) atoms. The lowest BCUT2D eigenvalue weighted by Gasteiger charge is -2.12. The van der Waals surface area contributed by atoms with E-state index in [1.54, 1.807) is 6.07 Å². The molecule has 0 spiro atoms. The van der Waals surface area contributed by atoms with E-state index >= 15 is 0 Å². The summed E-state index contributed by atoms with van der Waals surface area (Å²) in [5.74, 6) is 1.85. The summed E-state index contributed by atoms with van der Waals surface area (Å²) in [6.45, 7) is 3.66. The van der Waals surface area contributed by atoms with Crippen molar-refractivity contribution < 1.29 is 0 Å². The highest BCUT2D eigenvalue weighted by molar-refractivity contribution is 6.09. The summed E-state index contributed by atoms with van der Waals surface area (Å²) < 4.78 is 2.04. The van der Waals surface area contributed by atoms with E-state index in [0.717, 1.165) is 33.1 Å². The normalized spacial score (nSPS) is 10.8. The van der Waals surface area contributed by atoms with Crippen molar-refractivity contribution in [1.82, 2.24) is 19.5 Å². The SMILES string of the molecule is Cc1nc(C)nc(-c2ccc(C#N)c(-n3c4ccccc4c4ccc(C#N)cc43)c2)n1. The highest BCUT2D eigenvalue weighted by Crippen LogP contribution is 2.34. The molecule has 0 amide bonds. The molecule has 0 saturated carbocycles. The summed E-state index contributed by atoms with van der Waals surface area (Å²) >= 11 is 0. The van der Waals surface area contributed by atoms with E-state index < -0.39 is 0 Å². The van der Waals surface area contributed by atoms with Crippen LogP contribution in [-0.4, -0.2) is 19.5 Å². The van der Waals surface area contributed by atoms with E-state index in [-0.39, 0.29) is 0 Å². The summed E-state index contributed by atoms with van der Waals surface area (Å²) in [4.78, 5) is 13.2. The van der Waals surface area contributed by atoms with Crippen molar-refractivity contribution in [1.29, 1.82) is 10.5 Å². The quantitative estimate of drug-likeness (QED) is 0.416. The molecule has 0 fully saturated rings. The Balaban J connectivity index is 1.88. The molecule has 0 unspecified atom stereocenters. The van der Waals surface area contributed by atoms with Gasteiger partial charge in [-0.25, -0.2) is 15.0 Å². The fourth-order valence-electron chi connectivity index (χ4n) is 3.99. The Hall–Kier alpha value is -4.55. The lowest BCUT2D eigenvalue weighted by atomic mass is 10.1. The van der Waals surface area contributed by atoms with Gasteiger partial charge in [0.05, 0.1) is 33.9 Å². The Morgan fingerprint density at radius 1 is 0.742 bits per heavy atom. The first kappa shape index (κ1) is 18.5. The van der Waals surface area contributed by atoms with Gasteiger partial charge in [-0.1, -0.05) is 24.3 Å². The molecule has 0 radical (unpaired) electrons. The van der Waals surface area contributed by atoms with Crippen LogP contribution in [0.3, 0.4) is 0 Å². The van der Waals surface area contributed by atoms with Crippen LogP contribution in [0.5, 0.6) is 0 Å². The number of nitrogens with zero attached hydrogens (tertiary/aromatic N) is 6. The summed E-state index contributed by atoms with van der Waals surface area (Å²) in [5.41, 5.74) is 4.44. The van der Waals surface area contributed by atoms with Crippen molar-refractivity contribution in [2.24, 2.45) is 0 Å². The van der Waals surface area contributed by atoms with Gasteiger partial charge in [0, 0.05) is 16.3 Å². The molecule has 0 atom stereocenters. The van der Waals surface area contributed by atoms with Crippen LogP contribution in [-0.2, 0) is 0 Å². The van der Waals surface area contributed by atoms with E-state index in [0.29, 0.717) is 28.6 Å². The van der Waals surface area contributed by atoms with Gasteiger partial charge in [-0.3, -0.25) is 0 Å². The van der Waals surface area contributed by atoms with Gasteiger partial charge in [-0.05, 0) is 50.2 Å². The third-order valence-corrected chi connectivity index (χ3v) is 5.28. The number of fused-ring (bicyclic) bond motifs is 3. The standard InChI is InChI=1S/C25H16N6/c1-15-28-16(2)30-25(29-15)18-8-9-19(14-27)23(12-18)31-22-6-4-3-5-20(22)21-10-7-17(13-26)11-24(21)31/h3-12H,1-2H3. The van der Waals surface area contributed by atoms with Crippen LogP contribution >= 0.6 is 0 Å². The number of aromatic nitrogens is 4. The third kappa shape index (κ3) is 2.99. The molecule has 3 aromatic carbocycles. The minimum Gasteiger partial charge on any atom is -0.308 e. The molecular formula is C25H16N6. The fourth-order valence-corrected chi connectivity index (χ4v) is 3.99. The summed E-state index contributed by atoms with van der Waals surface area (Å²) in [7, 11) is 0. The van der Waals surface area contributed by atoms with Crippen molar-refractivity contribution in [2.45, 2.75) is 13.8 Å². The molecule has 0 saturated heterocycles. The van der Waals surface area contributed by atoms with Crippen molar-refractivity contribution in [2.75, 3.05) is 0 Å². The fraction of sp³-hybridized carbons (Fsp3) is 0.0800. The maximum atomic E-state index is 9.85. The van der Waals surface area contributed by atoms with E-state index in [2.05, 4.69) is 33.2 Å². The number of rotatable bonds is 2. The maximum Gasteiger partial charge on any atom is 0.163 e. The molecule has 6 heteroatoms. The second-order valence-corrected chi connectivity index (χ2v) is 7.29. The largest absolute Gasteiger partial charge is 0.308 e. The zero-order chi connectivity index (χ0) is 21.5. The lowest BCUT2D eigenvalue weighted by molar-refractivity contribution is 0.928. The molecule has 5 rings (SSSR count). The second kappa shape index (κ2) is 7.05. The number of nitriles is 2. The summed E-state index contributed by atoms with van der Waals surface area (Å²) in [6.07, 6.45) is 0. The number of benzene rings is 3. The first-order valence-corrected chi connectivity index (χ1v) is 9.76. The topological polar surface area (TPSA) is 91.2 Å². The second-order valence-electron chi connectivity index (χ2n) is 7.29. The van der Waals surface area contributed by atoms with Gasteiger partial charge in [0.2, 0.25) is 0 Å². The van der Waals surface area contributed by atoms with Crippen LogP contribution < -0.4 is 0 Å². The molecule has 0 N–H and O–H groups in total. The average Bonchev–Trinajstić information content (AvgIpc) is 3.11. The number of para-hydroxylation sites is 1. The van der Waals surface area contributed by atoms with E-state index in [9.17, 15) is 10.5 Å². The molecule has 146 valence electrons. The van der Waals surface area contributed by atoms with Gasteiger partial charge < -0.3 is 4.57 Å². The minimum atomic E-state index is 0.524. The van der Waals surface area contributed by atoms with Crippen LogP contribution in [0.1, 0.15) is 22.8 Å². The maximum absolute atomic E-state index is 9.85. The number of hydrogen-bond acceptors (Lipinski definition) is 5. The van der Waals surface area contributed by atoms with Gasteiger partial charge >= 0.3 is 0 Å². The average molecular weight is 400 g/mol. The Morgan fingerprint density at radius 2 is 1.48 bits per heavy atom. The van der Waals surface area contributed by atoms with E-state index in [1.807, 2.05) is 66.9 Å². The van der Waals surface area contributed by atoms with E-state index in [4.69, 9.17) is 0 Å². The molecule has 2 aromatic heterocycles. The highest BCUT2D eigenvalue weighted by atomic mass is 15.0. The van der Waals surface area contributed by atoms with Crippen LogP contribution in [0.25, 0.3) is 38.9 Å². The highest BCUT2D eigenvalue weighted by Gasteiger charge is 2.17. The molecule has 0 aliphatic heterocycles. The molecule has 2 heterocycles. The van der Waals surface area contributed by atoms with E-state index in [1.165, 1.54) is 0 Å². The first-order valence-electron chi connectivity index (χ1n) is 9.76. The minimum absolute atomic E-state index is 0.524. The van der Waals surface area contributed by atoms with Crippen LogP contribution in [0.15, 0.2) is 60.7 Å². The predicted octanol–water partition coefficient (Wildman–Crippen LogP) is 5.00. The molecule has 0 aliphatic rings. The van der Waals surface area contributed by atoms with Gasteiger partial charge in [0.25, 0.3) is 0 Å². The van der Waals surface area contributed by atoms with Crippen molar-refractivity contribution in [3.8, 4) is 29.2 Å².